The van der Waals surface area contributed by atoms with Crippen LogP contribution in [-0.2, 0) is 4.79 Å². The molecule has 0 aromatic heterocycles. The van der Waals surface area contributed by atoms with E-state index in [1.165, 1.54) is 95.5 Å². The van der Waals surface area contributed by atoms with Crippen LogP contribution >= 0.6 is 0 Å². The normalized spacial score (nSPS) is 26.5. The summed E-state index contributed by atoms with van der Waals surface area (Å²) in [4.78, 5) is 12.7. The molecule has 2 aliphatic rings. The van der Waals surface area contributed by atoms with Gasteiger partial charge < -0.3 is 4.74 Å². The second-order valence-electron chi connectivity index (χ2n) is 10.4. The molecule has 0 spiro atoms. The highest BCUT2D eigenvalue weighted by Crippen LogP contribution is 2.38. The fraction of sp³-hybridized carbons (Fsp3) is 0.759. The van der Waals surface area contributed by atoms with E-state index in [9.17, 15) is 4.79 Å². The van der Waals surface area contributed by atoms with Gasteiger partial charge in [0.1, 0.15) is 5.75 Å². The lowest BCUT2D eigenvalue weighted by Gasteiger charge is -2.29. The highest BCUT2D eigenvalue weighted by Gasteiger charge is 2.28. The molecule has 31 heavy (non-hydrogen) atoms. The standard InChI is InChI=1S/C29H46O2/c1-3-5-6-7-8-10-24-13-17-27(18-14-24)29(30)31-28-21-19-26(20-22-28)25-15-11-23(9-4-2)12-16-25/h19-25,27H,3-18H2,1-2H3. The molecule has 0 heterocycles. The van der Waals surface area contributed by atoms with Gasteiger partial charge in [0, 0.05) is 0 Å². The van der Waals surface area contributed by atoms with E-state index in [4.69, 9.17) is 4.74 Å². The molecule has 3 rings (SSSR count). The van der Waals surface area contributed by atoms with Crippen molar-refractivity contribution < 1.29 is 9.53 Å². The maximum atomic E-state index is 12.7. The van der Waals surface area contributed by atoms with Gasteiger partial charge in [0.15, 0.2) is 0 Å². The highest BCUT2D eigenvalue weighted by molar-refractivity contribution is 5.75. The van der Waals surface area contributed by atoms with Crippen LogP contribution in [0.5, 0.6) is 5.75 Å². The van der Waals surface area contributed by atoms with Gasteiger partial charge in [0.25, 0.3) is 0 Å². The Hall–Kier alpha value is -1.31. The van der Waals surface area contributed by atoms with Gasteiger partial charge >= 0.3 is 5.97 Å². The van der Waals surface area contributed by atoms with E-state index < -0.39 is 0 Å². The van der Waals surface area contributed by atoms with Crippen molar-refractivity contribution in [2.24, 2.45) is 17.8 Å². The zero-order valence-electron chi connectivity index (χ0n) is 20.2. The molecule has 2 aliphatic carbocycles. The van der Waals surface area contributed by atoms with E-state index in [2.05, 4.69) is 26.0 Å². The van der Waals surface area contributed by atoms with E-state index >= 15 is 0 Å². The number of esters is 1. The topological polar surface area (TPSA) is 26.3 Å². The molecule has 2 heteroatoms. The molecule has 2 fully saturated rings. The minimum atomic E-state index is -0.00535. The third-order valence-electron chi connectivity index (χ3n) is 8.01. The van der Waals surface area contributed by atoms with E-state index in [1.54, 1.807) is 0 Å². The lowest BCUT2D eigenvalue weighted by Crippen LogP contribution is -2.25. The Morgan fingerprint density at radius 1 is 0.742 bits per heavy atom. The molecule has 0 bridgehead atoms. The molecule has 0 radical (unpaired) electrons. The Labute approximate surface area is 191 Å². The first-order valence-electron chi connectivity index (χ1n) is 13.5. The lowest BCUT2D eigenvalue weighted by atomic mass is 9.77. The van der Waals surface area contributed by atoms with Crippen molar-refractivity contribution in [3.05, 3.63) is 29.8 Å². The molecule has 0 atom stereocenters. The van der Waals surface area contributed by atoms with Gasteiger partial charge in [0.2, 0.25) is 0 Å². The lowest BCUT2D eigenvalue weighted by molar-refractivity contribution is -0.140. The molecule has 174 valence electrons. The fourth-order valence-electron chi connectivity index (χ4n) is 5.92. The van der Waals surface area contributed by atoms with Gasteiger partial charge in [-0.2, -0.15) is 0 Å². The number of hydrogen-bond acceptors (Lipinski definition) is 2. The van der Waals surface area contributed by atoms with Gasteiger partial charge in [0.05, 0.1) is 5.92 Å². The summed E-state index contributed by atoms with van der Waals surface area (Å²) in [5.41, 5.74) is 1.43. The summed E-state index contributed by atoms with van der Waals surface area (Å²) in [5, 5.41) is 0. The summed E-state index contributed by atoms with van der Waals surface area (Å²) >= 11 is 0. The van der Waals surface area contributed by atoms with Crippen LogP contribution in [0.3, 0.4) is 0 Å². The molecule has 2 saturated carbocycles. The molecular weight excluding hydrogens is 380 g/mol. The van der Waals surface area contributed by atoms with Crippen LogP contribution in [0.1, 0.15) is 128 Å². The first-order valence-corrected chi connectivity index (χ1v) is 13.5. The van der Waals surface area contributed by atoms with Crippen LogP contribution in [0.25, 0.3) is 0 Å². The number of carbonyl (C=O) groups excluding carboxylic acids is 1. The van der Waals surface area contributed by atoms with Gasteiger partial charge in [-0.1, -0.05) is 77.3 Å². The zero-order valence-corrected chi connectivity index (χ0v) is 20.2. The smallest absolute Gasteiger partial charge is 0.314 e. The maximum absolute atomic E-state index is 12.7. The Bertz CT molecular complexity index is 619. The van der Waals surface area contributed by atoms with Crippen LogP contribution in [0, 0.1) is 17.8 Å². The van der Waals surface area contributed by atoms with Crippen molar-refractivity contribution in [1.29, 1.82) is 0 Å². The van der Waals surface area contributed by atoms with Gasteiger partial charge in [-0.05, 0) is 86.8 Å². The molecule has 0 aliphatic heterocycles. The van der Waals surface area contributed by atoms with Crippen molar-refractivity contribution in [3.63, 3.8) is 0 Å². The molecule has 1 aromatic rings. The number of rotatable bonds is 11. The monoisotopic (exact) mass is 426 g/mol. The summed E-state index contributed by atoms with van der Waals surface area (Å²) in [5.74, 6) is 3.29. The minimum Gasteiger partial charge on any atom is -0.426 e. The second kappa shape index (κ2) is 13.3. The number of benzene rings is 1. The zero-order chi connectivity index (χ0) is 21.9. The summed E-state index contributed by atoms with van der Waals surface area (Å²) < 4.78 is 5.77. The van der Waals surface area contributed by atoms with Crippen molar-refractivity contribution in [1.82, 2.24) is 0 Å². The van der Waals surface area contributed by atoms with Gasteiger partial charge in [-0.15, -0.1) is 0 Å². The van der Waals surface area contributed by atoms with E-state index in [0.29, 0.717) is 5.92 Å². The average molecular weight is 427 g/mol. The molecule has 1 aromatic carbocycles. The second-order valence-corrected chi connectivity index (χ2v) is 10.4. The summed E-state index contributed by atoms with van der Waals surface area (Å²) in [7, 11) is 0. The Kier molecular flexibility index (Phi) is 10.4. The van der Waals surface area contributed by atoms with Crippen LogP contribution in [0.15, 0.2) is 24.3 Å². The van der Waals surface area contributed by atoms with Gasteiger partial charge in [-0.3, -0.25) is 4.79 Å². The Balaban J connectivity index is 1.36. The largest absolute Gasteiger partial charge is 0.426 e. The molecule has 0 saturated heterocycles. The first-order chi connectivity index (χ1) is 15.2. The summed E-state index contributed by atoms with van der Waals surface area (Å²) in [6, 6.07) is 8.44. The van der Waals surface area contributed by atoms with E-state index in [1.807, 2.05) is 12.1 Å². The Morgan fingerprint density at radius 3 is 2.00 bits per heavy atom. The van der Waals surface area contributed by atoms with E-state index in [0.717, 1.165) is 30.4 Å². The van der Waals surface area contributed by atoms with Crippen molar-refractivity contribution >= 4 is 5.97 Å². The Morgan fingerprint density at radius 2 is 1.35 bits per heavy atom. The minimum absolute atomic E-state index is 0.00535. The summed E-state index contributed by atoms with van der Waals surface area (Å²) in [6.45, 7) is 4.57. The number of ether oxygens (including phenoxy) is 1. The predicted octanol–water partition coefficient (Wildman–Crippen LogP) is 8.83. The highest BCUT2D eigenvalue weighted by atomic mass is 16.5. The number of unbranched alkanes of at least 4 members (excludes halogenated alkanes) is 4. The molecule has 2 nitrogen and oxygen atoms in total. The summed E-state index contributed by atoms with van der Waals surface area (Å²) in [6.07, 6.45) is 20.7. The first kappa shape index (κ1) is 24.3. The SMILES string of the molecule is CCCCCCCC1CCC(C(=O)Oc2ccc(C3CCC(CCC)CC3)cc2)CC1. The van der Waals surface area contributed by atoms with E-state index in [-0.39, 0.29) is 11.9 Å². The van der Waals surface area contributed by atoms with Gasteiger partial charge in [-0.25, -0.2) is 0 Å². The van der Waals surface area contributed by atoms with Crippen molar-refractivity contribution in [2.75, 3.05) is 0 Å². The van der Waals surface area contributed by atoms with Crippen molar-refractivity contribution in [3.8, 4) is 5.75 Å². The predicted molar refractivity (Wildman–Crippen MR) is 131 cm³/mol. The maximum Gasteiger partial charge on any atom is 0.314 e. The average Bonchev–Trinajstić information content (AvgIpc) is 2.81. The van der Waals surface area contributed by atoms with Crippen LogP contribution < -0.4 is 4.74 Å². The number of hydrogen-bond donors (Lipinski definition) is 0. The fourth-order valence-corrected chi connectivity index (χ4v) is 5.92. The third-order valence-corrected chi connectivity index (χ3v) is 8.01. The van der Waals surface area contributed by atoms with Crippen LogP contribution in [0.2, 0.25) is 0 Å². The number of carbonyl (C=O) groups is 1. The molecular formula is C29H46O2. The van der Waals surface area contributed by atoms with Crippen LogP contribution in [0.4, 0.5) is 0 Å². The van der Waals surface area contributed by atoms with Crippen molar-refractivity contribution in [2.45, 2.75) is 122 Å². The molecule has 0 N–H and O–H groups in total. The van der Waals surface area contributed by atoms with Crippen LogP contribution in [-0.4, -0.2) is 5.97 Å². The molecule has 0 unspecified atom stereocenters. The quantitative estimate of drug-likeness (QED) is 0.201. The molecule has 0 amide bonds. The third kappa shape index (κ3) is 7.95.